The van der Waals surface area contributed by atoms with Crippen LogP contribution >= 0.6 is 0 Å². The van der Waals surface area contributed by atoms with Crippen LogP contribution in [0.1, 0.15) is 36.3 Å². The van der Waals surface area contributed by atoms with E-state index in [4.69, 9.17) is 9.68 Å². The number of rotatable bonds is 6. The summed E-state index contributed by atoms with van der Waals surface area (Å²) in [6, 6.07) is 22.5. The van der Waals surface area contributed by atoms with Gasteiger partial charge in [-0.2, -0.15) is 5.26 Å². The summed E-state index contributed by atoms with van der Waals surface area (Å²) in [5.41, 5.74) is 3.93. The quantitative estimate of drug-likeness (QED) is 0.414. The molecule has 0 saturated heterocycles. The van der Waals surface area contributed by atoms with E-state index in [1.807, 2.05) is 42.5 Å². The molecule has 166 valence electrons. The minimum Gasteiger partial charge on any atom is -0.507 e. The maximum atomic E-state index is 13.4. The zero-order valence-electron chi connectivity index (χ0n) is 19.0. The van der Waals surface area contributed by atoms with Gasteiger partial charge in [0.25, 0.3) is 0 Å². The SMILES string of the molecule is Cc1oc2c(CN(Cc3ccc(C#N)cc3)C(C)C)c(O)ccc2c(=O)c1-c1ccccc1. The Bertz CT molecular complexity index is 1380. The molecule has 0 atom stereocenters. The van der Waals surface area contributed by atoms with Crippen LogP contribution in [0.15, 0.2) is 75.9 Å². The van der Waals surface area contributed by atoms with Crippen molar-refractivity contribution in [3.63, 3.8) is 0 Å². The molecule has 0 unspecified atom stereocenters. The molecule has 0 fully saturated rings. The number of phenols is 1. The Hall–Kier alpha value is -3.88. The third kappa shape index (κ3) is 4.52. The molecule has 33 heavy (non-hydrogen) atoms. The molecular weight excluding hydrogens is 412 g/mol. The summed E-state index contributed by atoms with van der Waals surface area (Å²) in [6.45, 7) is 6.99. The number of benzene rings is 3. The van der Waals surface area contributed by atoms with Crippen molar-refractivity contribution >= 4 is 11.0 Å². The van der Waals surface area contributed by atoms with Gasteiger partial charge in [0.1, 0.15) is 17.1 Å². The zero-order chi connectivity index (χ0) is 23.5. The number of nitriles is 1. The highest BCUT2D eigenvalue weighted by Crippen LogP contribution is 2.31. The van der Waals surface area contributed by atoms with Crippen LogP contribution < -0.4 is 5.43 Å². The molecule has 0 amide bonds. The molecule has 0 aliphatic rings. The van der Waals surface area contributed by atoms with Gasteiger partial charge in [0.15, 0.2) is 0 Å². The van der Waals surface area contributed by atoms with Crippen LogP contribution in [0, 0.1) is 18.3 Å². The maximum Gasteiger partial charge on any atom is 0.200 e. The number of fused-ring (bicyclic) bond motifs is 1. The number of hydrogen-bond donors (Lipinski definition) is 1. The molecule has 0 spiro atoms. The first-order valence-corrected chi connectivity index (χ1v) is 11.0. The molecule has 1 N–H and O–H groups in total. The average molecular weight is 439 g/mol. The second-order valence-electron chi connectivity index (χ2n) is 8.48. The second kappa shape index (κ2) is 9.32. The van der Waals surface area contributed by atoms with E-state index in [-0.39, 0.29) is 17.2 Å². The van der Waals surface area contributed by atoms with Crippen molar-refractivity contribution in [1.29, 1.82) is 5.26 Å². The summed E-state index contributed by atoms with van der Waals surface area (Å²) in [4.78, 5) is 15.6. The number of nitrogens with zero attached hydrogens (tertiary/aromatic N) is 2. The lowest BCUT2D eigenvalue weighted by Gasteiger charge is -2.27. The Labute approximate surface area is 193 Å². The minimum absolute atomic E-state index is 0.1000. The summed E-state index contributed by atoms with van der Waals surface area (Å²) in [5, 5.41) is 20.2. The van der Waals surface area contributed by atoms with Gasteiger partial charge in [-0.05, 0) is 56.2 Å². The standard InChI is InChI=1S/C28H26N2O3/c1-18(2)30(16-21-11-9-20(15-29)10-12-21)17-24-25(31)14-13-23-27(32)26(19(3)33-28(23)24)22-7-5-4-6-8-22/h4-14,18,31H,16-17H2,1-3H3. The Morgan fingerprint density at radius 3 is 2.33 bits per heavy atom. The van der Waals surface area contributed by atoms with E-state index in [0.29, 0.717) is 46.5 Å². The molecule has 0 bridgehead atoms. The molecule has 0 aliphatic heterocycles. The molecule has 1 aromatic heterocycles. The van der Waals surface area contributed by atoms with Crippen LogP contribution in [0.3, 0.4) is 0 Å². The van der Waals surface area contributed by atoms with Gasteiger partial charge in [-0.25, -0.2) is 0 Å². The fraction of sp³-hybridized carbons (Fsp3) is 0.214. The Morgan fingerprint density at radius 2 is 1.70 bits per heavy atom. The first kappa shape index (κ1) is 22.3. The van der Waals surface area contributed by atoms with Crippen LogP contribution in [-0.2, 0) is 13.1 Å². The summed E-state index contributed by atoms with van der Waals surface area (Å²) in [6.07, 6.45) is 0. The van der Waals surface area contributed by atoms with Crippen molar-refractivity contribution in [2.45, 2.75) is 39.9 Å². The first-order valence-electron chi connectivity index (χ1n) is 11.0. The van der Waals surface area contributed by atoms with Crippen LogP contribution in [0.25, 0.3) is 22.1 Å². The van der Waals surface area contributed by atoms with Gasteiger partial charge in [-0.1, -0.05) is 42.5 Å². The van der Waals surface area contributed by atoms with E-state index in [9.17, 15) is 9.90 Å². The lowest BCUT2D eigenvalue weighted by Crippen LogP contribution is -2.30. The van der Waals surface area contributed by atoms with Gasteiger partial charge < -0.3 is 9.52 Å². The van der Waals surface area contributed by atoms with Crippen molar-refractivity contribution in [3.8, 4) is 22.9 Å². The van der Waals surface area contributed by atoms with Gasteiger partial charge >= 0.3 is 0 Å². The maximum absolute atomic E-state index is 13.4. The molecule has 0 radical (unpaired) electrons. The van der Waals surface area contributed by atoms with E-state index in [1.54, 1.807) is 31.2 Å². The number of hydrogen-bond acceptors (Lipinski definition) is 5. The zero-order valence-corrected chi connectivity index (χ0v) is 19.0. The van der Waals surface area contributed by atoms with Crippen LogP contribution in [0.4, 0.5) is 0 Å². The first-order chi connectivity index (χ1) is 15.9. The number of aryl methyl sites for hydroxylation is 1. The lowest BCUT2D eigenvalue weighted by atomic mass is 10.0. The Kier molecular flexibility index (Phi) is 6.30. The number of aromatic hydroxyl groups is 1. The van der Waals surface area contributed by atoms with Gasteiger partial charge in [0.2, 0.25) is 5.43 Å². The van der Waals surface area contributed by atoms with Crippen LogP contribution in [-0.4, -0.2) is 16.0 Å². The molecule has 4 rings (SSSR count). The molecule has 3 aromatic carbocycles. The van der Waals surface area contributed by atoms with E-state index in [2.05, 4.69) is 24.8 Å². The predicted octanol–water partition coefficient (Wildman–Crippen LogP) is 5.76. The van der Waals surface area contributed by atoms with Crippen LogP contribution in [0.2, 0.25) is 0 Å². The van der Waals surface area contributed by atoms with Crippen molar-refractivity contribution in [2.75, 3.05) is 0 Å². The highest BCUT2D eigenvalue weighted by atomic mass is 16.3. The van der Waals surface area contributed by atoms with Crippen molar-refractivity contribution < 1.29 is 9.52 Å². The summed E-state index contributed by atoms with van der Waals surface area (Å²) >= 11 is 0. The van der Waals surface area contributed by atoms with Crippen LogP contribution in [0.5, 0.6) is 5.75 Å². The monoisotopic (exact) mass is 438 g/mol. The Morgan fingerprint density at radius 1 is 1.00 bits per heavy atom. The highest BCUT2D eigenvalue weighted by Gasteiger charge is 2.21. The van der Waals surface area contributed by atoms with E-state index in [1.165, 1.54) is 0 Å². The minimum atomic E-state index is -0.107. The summed E-state index contributed by atoms with van der Waals surface area (Å²) in [5.74, 6) is 0.622. The van der Waals surface area contributed by atoms with Gasteiger partial charge in [0, 0.05) is 19.1 Å². The summed E-state index contributed by atoms with van der Waals surface area (Å²) in [7, 11) is 0. The van der Waals surface area contributed by atoms with E-state index < -0.39 is 0 Å². The highest BCUT2D eigenvalue weighted by molar-refractivity contribution is 5.86. The molecule has 1 heterocycles. The van der Waals surface area contributed by atoms with Crippen molar-refractivity contribution in [1.82, 2.24) is 4.90 Å². The van der Waals surface area contributed by atoms with Gasteiger partial charge in [-0.15, -0.1) is 0 Å². The third-order valence-electron chi connectivity index (χ3n) is 5.94. The normalized spacial score (nSPS) is 11.3. The van der Waals surface area contributed by atoms with Gasteiger partial charge in [0.05, 0.1) is 28.1 Å². The van der Waals surface area contributed by atoms with E-state index in [0.717, 1.165) is 11.1 Å². The fourth-order valence-corrected chi connectivity index (χ4v) is 4.05. The molecular formula is C28H26N2O3. The second-order valence-corrected chi connectivity index (χ2v) is 8.48. The topological polar surface area (TPSA) is 77.5 Å². The Balaban J connectivity index is 1.76. The van der Waals surface area contributed by atoms with Crippen molar-refractivity contribution in [3.05, 3.63) is 99.4 Å². The molecule has 0 aliphatic carbocycles. The number of phenolic OH excluding ortho intramolecular Hbond substituents is 1. The molecule has 4 aromatic rings. The summed E-state index contributed by atoms with van der Waals surface area (Å²) < 4.78 is 6.18. The third-order valence-corrected chi connectivity index (χ3v) is 5.94. The molecule has 5 heteroatoms. The fourth-order valence-electron chi connectivity index (χ4n) is 4.05. The van der Waals surface area contributed by atoms with Crippen molar-refractivity contribution in [2.24, 2.45) is 0 Å². The van der Waals surface area contributed by atoms with E-state index >= 15 is 0 Å². The predicted molar refractivity (Wildman–Crippen MR) is 130 cm³/mol. The largest absolute Gasteiger partial charge is 0.507 e. The smallest absolute Gasteiger partial charge is 0.200 e. The lowest BCUT2D eigenvalue weighted by molar-refractivity contribution is 0.201. The van der Waals surface area contributed by atoms with Gasteiger partial charge in [-0.3, -0.25) is 9.69 Å². The molecule has 0 saturated carbocycles. The average Bonchev–Trinajstić information content (AvgIpc) is 2.81. The molecule has 5 nitrogen and oxygen atoms in total.